The number of alkyl halides is 3. The van der Waals surface area contributed by atoms with Crippen LogP contribution in [0.25, 0.3) is 0 Å². The molecule has 0 atom stereocenters. The number of pyridine rings is 1. The van der Waals surface area contributed by atoms with Crippen molar-refractivity contribution in [1.29, 1.82) is 0 Å². The molecule has 0 aliphatic rings. The first-order valence-corrected chi connectivity index (χ1v) is 10.5. The highest BCUT2D eigenvalue weighted by atomic mass is 32.2. The van der Waals surface area contributed by atoms with Crippen molar-refractivity contribution in [2.75, 3.05) is 12.5 Å². The number of benzene rings is 2. The van der Waals surface area contributed by atoms with Gasteiger partial charge in [0.1, 0.15) is 10.7 Å². The van der Waals surface area contributed by atoms with Crippen LogP contribution in [0.4, 0.5) is 19.0 Å². The maximum Gasteiger partial charge on any atom is 0.417 e. The number of methoxy groups -OCH3 is 1. The third-order valence-electron chi connectivity index (χ3n) is 4.18. The molecule has 0 spiro atoms. The second kappa shape index (κ2) is 9.27. The quantitative estimate of drug-likeness (QED) is 0.311. The molecule has 0 saturated heterocycles. The Labute approximate surface area is 182 Å². The molecule has 11 heteroatoms. The van der Waals surface area contributed by atoms with Crippen molar-refractivity contribution in [2.45, 2.75) is 18.0 Å². The van der Waals surface area contributed by atoms with Crippen LogP contribution in [0.2, 0.25) is 0 Å². The number of hydrogen-bond donors (Lipinski definition) is 1. The highest BCUT2D eigenvalue weighted by Gasteiger charge is 2.30. The van der Waals surface area contributed by atoms with Gasteiger partial charge < -0.3 is 8.92 Å². The lowest BCUT2D eigenvalue weighted by molar-refractivity contribution is -0.137. The first kappa shape index (κ1) is 23.1. The SMILES string of the molecule is COc1cc(C=NNc2ccc(C(F)(F)F)cn2)ccc1OS(=O)(=O)c1ccc(C)cc1. The molecule has 0 radical (unpaired) electrons. The summed E-state index contributed by atoms with van der Waals surface area (Å²) < 4.78 is 73.1. The molecule has 0 aliphatic carbocycles. The molecule has 0 unspecified atom stereocenters. The van der Waals surface area contributed by atoms with Gasteiger partial charge in [0, 0.05) is 6.20 Å². The Bertz CT molecular complexity index is 1210. The fraction of sp³-hybridized carbons (Fsp3) is 0.143. The van der Waals surface area contributed by atoms with Gasteiger partial charge in [0.25, 0.3) is 0 Å². The van der Waals surface area contributed by atoms with Crippen molar-refractivity contribution in [3.05, 3.63) is 77.5 Å². The fourth-order valence-electron chi connectivity index (χ4n) is 2.51. The van der Waals surface area contributed by atoms with Gasteiger partial charge in [0.2, 0.25) is 0 Å². The van der Waals surface area contributed by atoms with Crippen molar-refractivity contribution in [2.24, 2.45) is 5.10 Å². The molecule has 7 nitrogen and oxygen atoms in total. The van der Waals surface area contributed by atoms with E-state index < -0.39 is 21.9 Å². The third-order valence-corrected chi connectivity index (χ3v) is 5.43. The van der Waals surface area contributed by atoms with Gasteiger partial charge >= 0.3 is 16.3 Å². The molecule has 0 saturated carbocycles. The average molecular weight is 465 g/mol. The van der Waals surface area contributed by atoms with E-state index in [2.05, 4.69) is 15.5 Å². The first-order chi connectivity index (χ1) is 15.1. The molecule has 0 fully saturated rings. The summed E-state index contributed by atoms with van der Waals surface area (Å²) in [6, 6.07) is 12.7. The van der Waals surface area contributed by atoms with E-state index in [1.165, 1.54) is 43.7 Å². The van der Waals surface area contributed by atoms with E-state index in [0.717, 1.165) is 17.7 Å². The minimum absolute atomic E-state index is 0.00373. The lowest BCUT2D eigenvalue weighted by Crippen LogP contribution is -2.10. The smallest absolute Gasteiger partial charge is 0.417 e. The second-order valence-electron chi connectivity index (χ2n) is 6.56. The van der Waals surface area contributed by atoms with Crippen molar-refractivity contribution >= 4 is 22.2 Å². The molecule has 1 heterocycles. The Balaban J connectivity index is 1.71. The molecule has 1 aromatic heterocycles. The molecule has 3 aromatic rings. The molecule has 0 amide bonds. The fourth-order valence-corrected chi connectivity index (χ4v) is 3.44. The van der Waals surface area contributed by atoms with Gasteiger partial charge in [-0.1, -0.05) is 17.7 Å². The zero-order chi connectivity index (χ0) is 23.4. The number of halogens is 3. The van der Waals surface area contributed by atoms with Crippen LogP contribution in [0.3, 0.4) is 0 Å². The Kier molecular flexibility index (Phi) is 6.68. The van der Waals surface area contributed by atoms with Crippen molar-refractivity contribution in [3.63, 3.8) is 0 Å². The predicted molar refractivity (Wildman–Crippen MR) is 112 cm³/mol. The Hall–Kier alpha value is -3.60. The van der Waals surface area contributed by atoms with E-state index >= 15 is 0 Å². The largest absolute Gasteiger partial charge is 0.493 e. The number of anilines is 1. The van der Waals surface area contributed by atoms with Gasteiger partial charge in [-0.25, -0.2) is 4.98 Å². The number of aromatic nitrogens is 1. The normalized spacial score (nSPS) is 12.0. The zero-order valence-electron chi connectivity index (χ0n) is 16.9. The number of aryl methyl sites for hydroxylation is 1. The molecule has 168 valence electrons. The van der Waals surface area contributed by atoms with Crippen molar-refractivity contribution < 1.29 is 30.5 Å². The minimum atomic E-state index is -4.47. The van der Waals surface area contributed by atoms with Crippen LogP contribution in [0.15, 0.2) is 70.8 Å². The highest BCUT2D eigenvalue weighted by Crippen LogP contribution is 2.31. The van der Waals surface area contributed by atoms with E-state index in [1.807, 2.05) is 6.92 Å². The topological polar surface area (TPSA) is 89.9 Å². The van der Waals surface area contributed by atoms with E-state index in [4.69, 9.17) is 8.92 Å². The second-order valence-corrected chi connectivity index (χ2v) is 8.11. The summed E-state index contributed by atoms with van der Waals surface area (Å²) in [6.07, 6.45) is -2.41. The number of hydrogen-bond acceptors (Lipinski definition) is 7. The van der Waals surface area contributed by atoms with Crippen molar-refractivity contribution in [3.8, 4) is 11.5 Å². The van der Waals surface area contributed by atoms with E-state index in [9.17, 15) is 21.6 Å². The molecule has 1 N–H and O–H groups in total. The van der Waals surface area contributed by atoms with Crippen molar-refractivity contribution in [1.82, 2.24) is 4.98 Å². The molecular formula is C21H18F3N3O4S. The van der Waals surface area contributed by atoms with Crippen LogP contribution >= 0.6 is 0 Å². The Morgan fingerprint density at radius 3 is 2.34 bits per heavy atom. The summed E-state index contributed by atoms with van der Waals surface area (Å²) >= 11 is 0. The number of hydrazone groups is 1. The van der Waals surface area contributed by atoms with Crippen LogP contribution in [0, 0.1) is 6.92 Å². The zero-order valence-corrected chi connectivity index (χ0v) is 17.7. The van der Waals surface area contributed by atoms with Gasteiger partial charge in [-0.15, -0.1) is 0 Å². The Morgan fingerprint density at radius 2 is 1.75 bits per heavy atom. The summed E-state index contributed by atoms with van der Waals surface area (Å²) in [5.41, 5.74) is 3.07. The van der Waals surface area contributed by atoms with Crippen LogP contribution in [0.1, 0.15) is 16.7 Å². The molecule has 2 aromatic carbocycles. The highest BCUT2D eigenvalue weighted by molar-refractivity contribution is 7.87. The summed E-state index contributed by atoms with van der Waals surface area (Å²) in [6.45, 7) is 1.84. The number of rotatable bonds is 7. The van der Waals surface area contributed by atoms with E-state index in [1.54, 1.807) is 12.1 Å². The first-order valence-electron chi connectivity index (χ1n) is 9.10. The van der Waals surface area contributed by atoms with Gasteiger partial charge in [0.15, 0.2) is 11.5 Å². The average Bonchev–Trinajstić information content (AvgIpc) is 2.74. The molecule has 3 rings (SSSR count). The number of ether oxygens (including phenoxy) is 1. The number of nitrogens with one attached hydrogen (secondary N) is 1. The van der Waals surface area contributed by atoms with Gasteiger partial charge in [-0.2, -0.15) is 26.7 Å². The summed E-state index contributed by atoms with van der Waals surface area (Å²) in [4.78, 5) is 3.65. The van der Waals surface area contributed by atoms with E-state index in [0.29, 0.717) is 11.8 Å². The summed E-state index contributed by atoms with van der Waals surface area (Å²) in [5, 5.41) is 3.91. The van der Waals surface area contributed by atoms with Gasteiger partial charge in [-0.05, 0) is 55.0 Å². The maximum absolute atomic E-state index is 12.6. The maximum atomic E-state index is 12.6. The monoisotopic (exact) mass is 465 g/mol. The van der Waals surface area contributed by atoms with Crippen LogP contribution in [0.5, 0.6) is 11.5 Å². The lowest BCUT2D eigenvalue weighted by Gasteiger charge is -2.11. The standard InChI is InChI=1S/C21H18F3N3O4S/c1-14-3-7-17(8-4-14)32(28,29)31-18-9-5-15(11-19(18)30-2)12-26-27-20-10-6-16(13-25-20)21(22,23)24/h3-13H,1-2H3,(H,25,27). The van der Waals surface area contributed by atoms with Crippen LogP contribution < -0.4 is 14.3 Å². The van der Waals surface area contributed by atoms with E-state index in [-0.39, 0.29) is 22.2 Å². The summed E-state index contributed by atoms with van der Waals surface area (Å²) in [7, 11) is -2.70. The molecule has 32 heavy (non-hydrogen) atoms. The van der Waals surface area contributed by atoms with Gasteiger partial charge in [-0.3, -0.25) is 5.43 Å². The lowest BCUT2D eigenvalue weighted by atomic mass is 10.2. The minimum Gasteiger partial charge on any atom is -0.493 e. The number of nitrogens with zero attached hydrogens (tertiary/aromatic N) is 2. The molecular weight excluding hydrogens is 447 g/mol. The molecule has 0 bridgehead atoms. The summed E-state index contributed by atoms with van der Waals surface area (Å²) in [5.74, 6) is 0.255. The Morgan fingerprint density at radius 1 is 1.03 bits per heavy atom. The third kappa shape index (κ3) is 5.76. The van der Waals surface area contributed by atoms with Crippen LogP contribution in [-0.4, -0.2) is 26.7 Å². The molecule has 0 aliphatic heterocycles. The predicted octanol–water partition coefficient (Wildman–Crippen LogP) is 4.63. The van der Waals surface area contributed by atoms with Gasteiger partial charge in [0.05, 0.1) is 18.9 Å². The van der Waals surface area contributed by atoms with Crippen LogP contribution in [-0.2, 0) is 16.3 Å².